The molecule has 0 saturated heterocycles. The van der Waals surface area contributed by atoms with E-state index in [4.69, 9.17) is 5.73 Å². The lowest BCUT2D eigenvalue weighted by Gasteiger charge is -2.19. The fourth-order valence-corrected chi connectivity index (χ4v) is 1.71. The van der Waals surface area contributed by atoms with E-state index >= 15 is 0 Å². The lowest BCUT2D eigenvalue weighted by atomic mass is 10.1. The van der Waals surface area contributed by atoms with Gasteiger partial charge in [0.15, 0.2) is 0 Å². The number of nitrogens with two attached hydrogens (primary N) is 1. The summed E-state index contributed by atoms with van der Waals surface area (Å²) in [4.78, 5) is 25.0. The van der Waals surface area contributed by atoms with Crippen molar-refractivity contribution in [3.63, 3.8) is 0 Å². The maximum Gasteiger partial charge on any atom is 0.236 e. The molecular weight excluding hydrogens is 230 g/mol. The molecule has 5 heteroatoms. The van der Waals surface area contributed by atoms with Crippen LogP contribution in [0.2, 0.25) is 0 Å². The number of rotatable bonds is 9. The summed E-state index contributed by atoms with van der Waals surface area (Å²) in [7, 11) is 0. The van der Waals surface area contributed by atoms with Gasteiger partial charge in [-0.1, -0.05) is 19.8 Å². The highest BCUT2D eigenvalue weighted by atomic mass is 16.2. The number of nitrogens with zero attached hydrogens (tertiary/aromatic N) is 1. The van der Waals surface area contributed by atoms with Gasteiger partial charge < -0.3 is 16.0 Å². The van der Waals surface area contributed by atoms with E-state index in [0.29, 0.717) is 32.5 Å². The van der Waals surface area contributed by atoms with Crippen LogP contribution in [0.4, 0.5) is 0 Å². The fraction of sp³-hybridized carbons (Fsp3) is 0.846. The fourth-order valence-electron chi connectivity index (χ4n) is 1.71. The molecule has 0 spiro atoms. The normalized spacial score (nSPS) is 12.0. The molecule has 0 saturated carbocycles. The van der Waals surface area contributed by atoms with Gasteiger partial charge in [0, 0.05) is 26.1 Å². The molecule has 0 aromatic carbocycles. The predicted molar refractivity (Wildman–Crippen MR) is 73.1 cm³/mol. The summed E-state index contributed by atoms with van der Waals surface area (Å²) < 4.78 is 0. The molecule has 3 N–H and O–H groups in total. The van der Waals surface area contributed by atoms with E-state index in [1.54, 1.807) is 4.90 Å². The van der Waals surface area contributed by atoms with Crippen LogP contribution in [0.25, 0.3) is 0 Å². The lowest BCUT2D eigenvalue weighted by Crippen LogP contribution is -2.42. The van der Waals surface area contributed by atoms with Crippen LogP contribution in [-0.2, 0) is 9.59 Å². The third-order valence-electron chi connectivity index (χ3n) is 2.96. The summed E-state index contributed by atoms with van der Waals surface area (Å²) in [5.74, 6) is -0.0850. The highest BCUT2D eigenvalue weighted by molar-refractivity contribution is 5.82. The van der Waals surface area contributed by atoms with Gasteiger partial charge in [0.05, 0.1) is 6.04 Å². The highest BCUT2D eigenvalue weighted by Gasteiger charge is 2.13. The van der Waals surface area contributed by atoms with Crippen molar-refractivity contribution in [2.24, 2.45) is 5.73 Å². The summed E-state index contributed by atoms with van der Waals surface area (Å²) in [5.41, 5.74) is 5.72. The first-order valence-electron chi connectivity index (χ1n) is 6.87. The molecule has 0 fully saturated rings. The number of amides is 2. The van der Waals surface area contributed by atoms with Crippen LogP contribution in [-0.4, -0.2) is 42.4 Å². The van der Waals surface area contributed by atoms with Crippen molar-refractivity contribution in [1.82, 2.24) is 10.2 Å². The minimum atomic E-state index is -0.450. The number of carbonyl (C=O) groups is 2. The first kappa shape index (κ1) is 16.9. The molecule has 18 heavy (non-hydrogen) atoms. The van der Waals surface area contributed by atoms with Gasteiger partial charge in [-0.05, 0) is 20.3 Å². The van der Waals surface area contributed by atoms with Crippen LogP contribution in [0.5, 0.6) is 0 Å². The standard InChI is InChI=1S/C13H27N3O2/c1-4-7-8-11(14)13(18)15-10-9-12(17)16(5-2)6-3/h11H,4-10,14H2,1-3H3,(H,15,18). The van der Waals surface area contributed by atoms with E-state index in [2.05, 4.69) is 12.2 Å². The van der Waals surface area contributed by atoms with Crippen LogP contribution in [0.15, 0.2) is 0 Å². The number of hydrogen-bond donors (Lipinski definition) is 2. The monoisotopic (exact) mass is 257 g/mol. The van der Waals surface area contributed by atoms with Crippen LogP contribution >= 0.6 is 0 Å². The molecule has 0 bridgehead atoms. The van der Waals surface area contributed by atoms with E-state index in [9.17, 15) is 9.59 Å². The predicted octanol–water partition coefficient (Wildman–Crippen LogP) is 0.879. The van der Waals surface area contributed by atoms with Crippen molar-refractivity contribution < 1.29 is 9.59 Å². The van der Waals surface area contributed by atoms with Gasteiger partial charge in [-0.25, -0.2) is 0 Å². The Labute approximate surface area is 110 Å². The van der Waals surface area contributed by atoms with Crippen LogP contribution in [0.1, 0.15) is 46.5 Å². The van der Waals surface area contributed by atoms with Crippen molar-refractivity contribution in [2.75, 3.05) is 19.6 Å². The first-order chi connectivity index (χ1) is 8.56. The topological polar surface area (TPSA) is 75.4 Å². The lowest BCUT2D eigenvalue weighted by molar-refractivity contribution is -0.130. The van der Waals surface area contributed by atoms with E-state index in [1.165, 1.54) is 0 Å². The Morgan fingerprint density at radius 2 is 1.83 bits per heavy atom. The van der Waals surface area contributed by atoms with Gasteiger partial charge in [0.25, 0.3) is 0 Å². The molecular formula is C13H27N3O2. The maximum absolute atomic E-state index is 11.7. The second-order valence-electron chi connectivity index (χ2n) is 4.36. The third kappa shape index (κ3) is 6.59. The van der Waals surface area contributed by atoms with Gasteiger partial charge in [0.1, 0.15) is 0 Å². The van der Waals surface area contributed by atoms with Crippen molar-refractivity contribution in [3.8, 4) is 0 Å². The third-order valence-corrected chi connectivity index (χ3v) is 2.96. The van der Waals surface area contributed by atoms with Gasteiger partial charge in [-0.3, -0.25) is 9.59 Å². The molecule has 0 aromatic rings. The van der Waals surface area contributed by atoms with Crippen molar-refractivity contribution in [2.45, 2.75) is 52.5 Å². The van der Waals surface area contributed by atoms with Gasteiger partial charge in [-0.15, -0.1) is 0 Å². The average Bonchev–Trinajstić information content (AvgIpc) is 2.37. The first-order valence-corrected chi connectivity index (χ1v) is 6.87. The number of nitrogens with one attached hydrogen (secondary N) is 1. The molecule has 0 aromatic heterocycles. The quantitative estimate of drug-likeness (QED) is 0.644. The van der Waals surface area contributed by atoms with Crippen LogP contribution < -0.4 is 11.1 Å². The van der Waals surface area contributed by atoms with Gasteiger partial charge >= 0.3 is 0 Å². The summed E-state index contributed by atoms with van der Waals surface area (Å²) in [6, 6.07) is -0.450. The van der Waals surface area contributed by atoms with Crippen molar-refractivity contribution in [3.05, 3.63) is 0 Å². The largest absolute Gasteiger partial charge is 0.354 e. The van der Waals surface area contributed by atoms with Crippen molar-refractivity contribution >= 4 is 11.8 Å². The zero-order chi connectivity index (χ0) is 14.0. The summed E-state index contributed by atoms with van der Waals surface area (Å²) in [6.07, 6.45) is 3.02. The molecule has 1 atom stereocenters. The summed E-state index contributed by atoms with van der Waals surface area (Å²) in [5, 5.41) is 2.71. The van der Waals surface area contributed by atoms with E-state index < -0.39 is 6.04 Å². The smallest absolute Gasteiger partial charge is 0.236 e. The maximum atomic E-state index is 11.7. The van der Waals surface area contributed by atoms with Crippen molar-refractivity contribution in [1.29, 1.82) is 0 Å². The Morgan fingerprint density at radius 1 is 1.22 bits per heavy atom. The van der Waals surface area contributed by atoms with E-state index in [0.717, 1.165) is 12.8 Å². The Kier molecular flexibility index (Phi) is 9.28. The molecule has 0 aliphatic rings. The average molecular weight is 257 g/mol. The van der Waals surface area contributed by atoms with E-state index in [-0.39, 0.29) is 11.8 Å². The zero-order valence-electron chi connectivity index (χ0n) is 11.9. The minimum Gasteiger partial charge on any atom is -0.354 e. The molecule has 0 heterocycles. The Bertz CT molecular complexity index is 253. The second kappa shape index (κ2) is 9.88. The minimum absolute atomic E-state index is 0.0717. The molecule has 0 radical (unpaired) electrons. The molecule has 1 unspecified atom stereocenters. The Balaban J connectivity index is 3.83. The van der Waals surface area contributed by atoms with Crippen LogP contribution in [0, 0.1) is 0 Å². The zero-order valence-corrected chi connectivity index (χ0v) is 11.9. The van der Waals surface area contributed by atoms with Gasteiger partial charge in [0.2, 0.25) is 11.8 Å². The summed E-state index contributed by atoms with van der Waals surface area (Å²) in [6.45, 7) is 7.74. The van der Waals surface area contributed by atoms with Gasteiger partial charge in [-0.2, -0.15) is 0 Å². The molecule has 2 amide bonds. The number of hydrogen-bond acceptors (Lipinski definition) is 3. The molecule has 0 aliphatic carbocycles. The van der Waals surface area contributed by atoms with Crippen LogP contribution in [0.3, 0.4) is 0 Å². The SMILES string of the molecule is CCCCC(N)C(=O)NCCC(=O)N(CC)CC. The van der Waals surface area contributed by atoms with E-state index in [1.807, 2.05) is 13.8 Å². The number of carbonyl (C=O) groups excluding carboxylic acids is 2. The molecule has 0 rings (SSSR count). The molecule has 5 nitrogen and oxygen atoms in total. The molecule has 0 aliphatic heterocycles. The molecule has 106 valence electrons. The Morgan fingerprint density at radius 3 is 2.33 bits per heavy atom. The Hall–Kier alpha value is -1.10. The highest BCUT2D eigenvalue weighted by Crippen LogP contribution is 1.98. The second-order valence-corrected chi connectivity index (χ2v) is 4.36. The summed E-state index contributed by atoms with van der Waals surface area (Å²) >= 11 is 0. The number of unbranched alkanes of at least 4 members (excludes halogenated alkanes) is 1.